The Balaban J connectivity index is 1.79. The summed E-state index contributed by atoms with van der Waals surface area (Å²) in [4.78, 5) is 24.1. The Bertz CT molecular complexity index is 748. The highest BCUT2D eigenvalue weighted by molar-refractivity contribution is 5.95. The molecule has 2 aromatic carbocycles. The van der Waals surface area contributed by atoms with Gasteiger partial charge in [0.15, 0.2) is 6.10 Å². The Morgan fingerprint density at radius 1 is 1.00 bits per heavy atom. The fraction of sp³-hybridized carbons (Fsp3) is 0.300. The van der Waals surface area contributed by atoms with E-state index >= 15 is 0 Å². The first-order valence-electron chi connectivity index (χ1n) is 8.75. The number of unbranched alkanes of at least 4 members (excludes halogenated alkanes) is 1. The molecule has 0 saturated carbocycles. The summed E-state index contributed by atoms with van der Waals surface area (Å²) in [5, 5.41) is 0. The molecule has 0 heterocycles. The first-order chi connectivity index (χ1) is 13.0. The number of rotatable bonds is 8. The number of carbonyl (C=O) groups is 2. The minimum absolute atomic E-state index is 0.351. The summed E-state index contributed by atoms with van der Waals surface area (Å²) in [6.07, 6.45) is 1.14. The van der Waals surface area contributed by atoms with Gasteiger partial charge in [-0.1, -0.05) is 13.3 Å². The molecule has 0 saturated heterocycles. The summed E-state index contributed by atoms with van der Waals surface area (Å²) >= 11 is 0. The molecule has 0 aliphatic rings. The maximum Gasteiger partial charge on any atom is 0.279 e. The fourth-order valence-electron chi connectivity index (χ4n) is 2.10. The number of amides is 2. The lowest BCUT2D eigenvalue weighted by atomic mass is 10.2. The summed E-state index contributed by atoms with van der Waals surface area (Å²) in [5.41, 5.74) is 5.01. The molecule has 1 atom stereocenters. The van der Waals surface area contributed by atoms with Crippen LogP contribution in [0.25, 0.3) is 0 Å². The predicted molar refractivity (Wildman–Crippen MR) is 98.9 cm³/mol. The molecule has 6 nitrogen and oxygen atoms in total. The second kappa shape index (κ2) is 10.2. The lowest BCUT2D eigenvalue weighted by Crippen LogP contribution is -2.47. The summed E-state index contributed by atoms with van der Waals surface area (Å²) in [6, 6.07) is 11.9. The van der Waals surface area contributed by atoms with Crippen molar-refractivity contribution in [3.05, 3.63) is 59.9 Å². The molecule has 0 aliphatic heterocycles. The first-order valence-corrected chi connectivity index (χ1v) is 8.75. The highest BCUT2D eigenvalue weighted by atomic mass is 19.1. The third kappa shape index (κ3) is 6.62. The summed E-state index contributed by atoms with van der Waals surface area (Å²) < 4.78 is 23.8. The zero-order valence-electron chi connectivity index (χ0n) is 15.3. The molecule has 0 bridgehead atoms. The maximum absolute atomic E-state index is 12.9. The zero-order valence-corrected chi connectivity index (χ0v) is 15.3. The summed E-state index contributed by atoms with van der Waals surface area (Å²) in [7, 11) is 0. The van der Waals surface area contributed by atoms with Crippen molar-refractivity contribution in [2.75, 3.05) is 6.61 Å². The summed E-state index contributed by atoms with van der Waals surface area (Å²) in [6.45, 7) is 4.23. The Kier molecular flexibility index (Phi) is 7.61. The molecule has 2 rings (SSSR count). The van der Waals surface area contributed by atoms with E-state index in [-0.39, 0.29) is 0 Å². The third-order valence-electron chi connectivity index (χ3n) is 3.68. The lowest BCUT2D eigenvalue weighted by Gasteiger charge is -2.15. The second-order valence-corrected chi connectivity index (χ2v) is 5.88. The van der Waals surface area contributed by atoms with Gasteiger partial charge in [-0.3, -0.25) is 20.4 Å². The van der Waals surface area contributed by atoms with Crippen LogP contribution in [-0.2, 0) is 4.79 Å². The molecular weight excluding hydrogens is 351 g/mol. The van der Waals surface area contributed by atoms with Crippen LogP contribution in [0.2, 0.25) is 0 Å². The van der Waals surface area contributed by atoms with Crippen LogP contribution in [-0.4, -0.2) is 24.5 Å². The zero-order chi connectivity index (χ0) is 19.6. The van der Waals surface area contributed by atoms with Gasteiger partial charge in [-0.25, -0.2) is 4.39 Å². The molecule has 27 heavy (non-hydrogen) atoms. The minimum Gasteiger partial charge on any atom is -0.494 e. The minimum atomic E-state index is -0.870. The van der Waals surface area contributed by atoms with Gasteiger partial charge in [0.05, 0.1) is 6.61 Å². The number of hydrazine groups is 1. The van der Waals surface area contributed by atoms with Gasteiger partial charge in [-0.15, -0.1) is 0 Å². The van der Waals surface area contributed by atoms with Crippen LogP contribution in [0.3, 0.4) is 0 Å². The van der Waals surface area contributed by atoms with Crippen molar-refractivity contribution in [1.82, 2.24) is 10.9 Å². The number of ether oxygens (including phenoxy) is 2. The monoisotopic (exact) mass is 374 g/mol. The topological polar surface area (TPSA) is 76.7 Å². The van der Waals surface area contributed by atoms with E-state index in [0.717, 1.165) is 12.8 Å². The molecule has 0 aromatic heterocycles. The Labute approximate surface area is 157 Å². The van der Waals surface area contributed by atoms with E-state index in [0.29, 0.717) is 23.7 Å². The van der Waals surface area contributed by atoms with Crippen molar-refractivity contribution in [3.63, 3.8) is 0 Å². The van der Waals surface area contributed by atoms with Crippen molar-refractivity contribution in [1.29, 1.82) is 0 Å². The number of carbonyl (C=O) groups excluding carboxylic acids is 2. The fourth-order valence-corrected chi connectivity index (χ4v) is 2.10. The summed E-state index contributed by atoms with van der Waals surface area (Å²) in [5.74, 6) is -0.354. The molecule has 2 amide bonds. The first kappa shape index (κ1) is 20.2. The van der Waals surface area contributed by atoms with Crippen LogP contribution < -0.4 is 20.3 Å². The third-order valence-corrected chi connectivity index (χ3v) is 3.68. The van der Waals surface area contributed by atoms with E-state index in [1.165, 1.54) is 31.2 Å². The quantitative estimate of drug-likeness (QED) is 0.549. The Hall–Kier alpha value is -3.09. The Morgan fingerprint density at radius 3 is 2.26 bits per heavy atom. The SMILES string of the molecule is CCCCOc1ccc(C(=O)NNC(=O)[C@@H](C)Oc2ccc(F)cc2)cc1. The largest absolute Gasteiger partial charge is 0.494 e. The van der Waals surface area contributed by atoms with Crippen LogP contribution >= 0.6 is 0 Å². The molecule has 144 valence electrons. The van der Waals surface area contributed by atoms with Gasteiger partial charge in [0.25, 0.3) is 11.8 Å². The smallest absolute Gasteiger partial charge is 0.279 e. The van der Waals surface area contributed by atoms with E-state index in [9.17, 15) is 14.0 Å². The van der Waals surface area contributed by atoms with Gasteiger partial charge in [-0.05, 0) is 61.9 Å². The van der Waals surface area contributed by atoms with E-state index in [2.05, 4.69) is 17.8 Å². The number of benzene rings is 2. The number of halogens is 1. The maximum atomic E-state index is 12.9. The standard InChI is InChI=1S/C20H23FN2O4/c1-3-4-13-26-17-9-5-15(6-10-17)20(25)23-22-19(24)14(2)27-18-11-7-16(21)8-12-18/h5-12,14H,3-4,13H2,1-2H3,(H,22,24)(H,23,25)/t14-/m1/s1. The van der Waals surface area contributed by atoms with E-state index in [1.807, 2.05) is 0 Å². The van der Waals surface area contributed by atoms with Gasteiger partial charge < -0.3 is 9.47 Å². The molecule has 2 aromatic rings. The molecular formula is C20H23FN2O4. The molecule has 7 heteroatoms. The van der Waals surface area contributed by atoms with Gasteiger partial charge in [-0.2, -0.15) is 0 Å². The van der Waals surface area contributed by atoms with Crippen molar-refractivity contribution in [3.8, 4) is 11.5 Å². The van der Waals surface area contributed by atoms with Crippen molar-refractivity contribution >= 4 is 11.8 Å². The van der Waals surface area contributed by atoms with E-state index in [4.69, 9.17) is 9.47 Å². The normalized spacial score (nSPS) is 11.4. The Morgan fingerprint density at radius 2 is 1.63 bits per heavy atom. The second-order valence-electron chi connectivity index (χ2n) is 5.88. The molecule has 0 unspecified atom stereocenters. The number of hydrogen-bond acceptors (Lipinski definition) is 4. The van der Waals surface area contributed by atoms with Crippen LogP contribution in [0.1, 0.15) is 37.0 Å². The van der Waals surface area contributed by atoms with Crippen molar-refractivity contribution in [2.45, 2.75) is 32.8 Å². The van der Waals surface area contributed by atoms with Crippen molar-refractivity contribution < 1.29 is 23.5 Å². The van der Waals surface area contributed by atoms with Crippen LogP contribution in [0, 0.1) is 5.82 Å². The molecule has 0 fully saturated rings. The van der Waals surface area contributed by atoms with Crippen LogP contribution in [0.4, 0.5) is 4.39 Å². The van der Waals surface area contributed by atoms with E-state index < -0.39 is 23.7 Å². The lowest BCUT2D eigenvalue weighted by molar-refractivity contribution is -0.128. The highest BCUT2D eigenvalue weighted by Gasteiger charge is 2.16. The van der Waals surface area contributed by atoms with Gasteiger partial charge in [0, 0.05) is 5.56 Å². The predicted octanol–water partition coefficient (Wildman–Crippen LogP) is 3.23. The molecule has 0 radical (unpaired) electrons. The van der Waals surface area contributed by atoms with Crippen molar-refractivity contribution in [2.24, 2.45) is 0 Å². The number of nitrogens with one attached hydrogen (secondary N) is 2. The molecule has 0 spiro atoms. The van der Waals surface area contributed by atoms with Crippen LogP contribution in [0.15, 0.2) is 48.5 Å². The van der Waals surface area contributed by atoms with E-state index in [1.54, 1.807) is 24.3 Å². The number of hydrogen-bond donors (Lipinski definition) is 2. The molecule has 2 N–H and O–H groups in total. The molecule has 0 aliphatic carbocycles. The van der Waals surface area contributed by atoms with Gasteiger partial charge >= 0.3 is 0 Å². The van der Waals surface area contributed by atoms with Gasteiger partial charge in [0.1, 0.15) is 17.3 Å². The highest BCUT2D eigenvalue weighted by Crippen LogP contribution is 2.14. The van der Waals surface area contributed by atoms with Crippen LogP contribution in [0.5, 0.6) is 11.5 Å². The van der Waals surface area contributed by atoms with Gasteiger partial charge in [0.2, 0.25) is 0 Å². The average Bonchev–Trinajstić information content (AvgIpc) is 2.68. The average molecular weight is 374 g/mol.